The van der Waals surface area contributed by atoms with Crippen LogP contribution in [0.3, 0.4) is 0 Å². The van der Waals surface area contributed by atoms with Crippen molar-refractivity contribution >= 4 is 11.9 Å². The fraction of sp³-hybridized carbons (Fsp3) is 0.513. The Morgan fingerprint density at radius 3 is 2.22 bits per heavy atom. The zero-order chi connectivity index (χ0) is 34.1. The highest BCUT2D eigenvalue weighted by Crippen LogP contribution is 2.58. The molecule has 0 spiro atoms. The molecular weight excluding hydrogens is 580 g/mol. The predicted octanol–water partition coefficient (Wildman–Crippen LogP) is 7.41. The maximum absolute atomic E-state index is 12.9. The highest BCUT2D eigenvalue weighted by Gasteiger charge is 2.56. The molecule has 46 heavy (non-hydrogen) atoms. The van der Waals surface area contributed by atoms with Crippen LogP contribution in [0.1, 0.15) is 88.0 Å². The van der Waals surface area contributed by atoms with Crippen molar-refractivity contribution in [1.29, 1.82) is 0 Å². The summed E-state index contributed by atoms with van der Waals surface area (Å²) in [4.78, 5) is 24.3. The molecule has 0 amide bonds. The summed E-state index contributed by atoms with van der Waals surface area (Å²) in [7, 11) is 0. The van der Waals surface area contributed by atoms with Crippen molar-refractivity contribution < 1.29 is 34.0 Å². The Morgan fingerprint density at radius 2 is 1.59 bits per heavy atom. The second-order valence-electron chi connectivity index (χ2n) is 15.0. The maximum Gasteiger partial charge on any atom is 0.343 e. The lowest BCUT2D eigenvalue weighted by atomic mass is 9.58. The topological polar surface area (TPSA) is 102 Å². The van der Waals surface area contributed by atoms with E-state index in [0.717, 1.165) is 22.3 Å². The summed E-state index contributed by atoms with van der Waals surface area (Å²) in [5, 5.41) is 21.7. The number of hydrogen-bond donors (Lipinski definition) is 2. The smallest absolute Gasteiger partial charge is 0.343 e. The molecule has 0 radical (unpaired) electrons. The number of fused-ring (bicyclic) bond motifs is 1. The van der Waals surface area contributed by atoms with Crippen molar-refractivity contribution in [2.75, 3.05) is 0 Å². The molecule has 2 fully saturated rings. The minimum Gasteiger partial charge on any atom is -0.492 e. The first-order valence-corrected chi connectivity index (χ1v) is 16.1. The molecule has 4 aliphatic rings. The van der Waals surface area contributed by atoms with E-state index in [4.69, 9.17) is 14.2 Å². The molecule has 2 aliphatic heterocycles. The molecule has 2 aliphatic carbocycles. The van der Waals surface area contributed by atoms with Crippen molar-refractivity contribution in [3.63, 3.8) is 0 Å². The van der Waals surface area contributed by atoms with Crippen LogP contribution in [-0.2, 0) is 23.8 Å². The van der Waals surface area contributed by atoms with Crippen LogP contribution in [0.2, 0.25) is 0 Å². The number of esters is 2. The van der Waals surface area contributed by atoms with E-state index in [1.165, 1.54) is 6.92 Å². The number of ether oxygens (including phenoxy) is 3. The Bertz CT molecular complexity index is 1510. The number of carbonyl (C=O) groups excluding carboxylic acids is 2. The van der Waals surface area contributed by atoms with Gasteiger partial charge in [-0.1, -0.05) is 71.1 Å². The first-order chi connectivity index (χ1) is 21.3. The summed E-state index contributed by atoms with van der Waals surface area (Å²) in [6.45, 7) is 17.4. The van der Waals surface area contributed by atoms with E-state index >= 15 is 0 Å². The van der Waals surface area contributed by atoms with Crippen LogP contribution in [0.15, 0.2) is 100 Å². The zero-order valence-electron chi connectivity index (χ0n) is 28.8. The fourth-order valence-corrected chi connectivity index (χ4v) is 7.79. The quantitative estimate of drug-likeness (QED) is 0.172. The van der Waals surface area contributed by atoms with Gasteiger partial charge in [0.15, 0.2) is 0 Å². The van der Waals surface area contributed by atoms with Gasteiger partial charge in [-0.15, -0.1) is 5.73 Å². The van der Waals surface area contributed by atoms with Gasteiger partial charge < -0.3 is 24.4 Å². The Balaban J connectivity index is 1.38. The fourth-order valence-electron chi connectivity index (χ4n) is 7.79. The van der Waals surface area contributed by atoms with Gasteiger partial charge in [0.25, 0.3) is 0 Å². The molecule has 0 saturated heterocycles. The number of hydrogen-bond acceptors (Lipinski definition) is 7. The van der Waals surface area contributed by atoms with Crippen molar-refractivity contribution in [3.05, 3.63) is 100 Å². The molecular formula is C39H50O7. The number of rotatable bonds is 7. The molecule has 5 unspecified atom stereocenters. The summed E-state index contributed by atoms with van der Waals surface area (Å²) in [6.07, 6.45) is 19.7. The molecule has 2 heterocycles. The molecule has 0 aromatic rings. The van der Waals surface area contributed by atoms with Gasteiger partial charge in [-0.05, 0) is 85.8 Å². The average molecular weight is 631 g/mol. The van der Waals surface area contributed by atoms with Crippen molar-refractivity contribution in [1.82, 2.24) is 0 Å². The van der Waals surface area contributed by atoms with Gasteiger partial charge in [0.2, 0.25) is 0 Å². The third kappa shape index (κ3) is 7.83. The molecule has 0 aromatic carbocycles. The second-order valence-corrected chi connectivity index (χ2v) is 15.0. The number of aliphatic hydroxyl groups excluding tert-OH is 1. The molecule has 5 atom stereocenters. The van der Waals surface area contributed by atoms with Crippen LogP contribution >= 0.6 is 0 Å². The van der Waals surface area contributed by atoms with Crippen molar-refractivity contribution in [3.8, 4) is 0 Å². The molecule has 2 N–H and O–H groups in total. The van der Waals surface area contributed by atoms with Gasteiger partial charge >= 0.3 is 11.9 Å². The second kappa shape index (κ2) is 13.2. The summed E-state index contributed by atoms with van der Waals surface area (Å²) < 4.78 is 17.0. The number of aliphatic hydroxyl groups is 2. The summed E-state index contributed by atoms with van der Waals surface area (Å²) >= 11 is 0. The third-order valence-corrected chi connectivity index (χ3v) is 9.45. The Morgan fingerprint density at radius 1 is 0.935 bits per heavy atom. The lowest BCUT2D eigenvalue weighted by molar-refractivity contribution is -0.152. The minimum absolute atomic E-state index is 0.210. The Labute approximate surface area is 274 Å². The van der Waals surface area contributed by atoms with Gasteiger partial charge in [-0.2, -0.15) is 0 Å². The number of carbonyl (C=O) groups is 2. The molecule has 4 rings (SSSR count). The van der Waals surface area contributed by atoms with E-state index in [-0.39, 0.29) is 22.9 Å². The molecule has 2 saturated carbocycles. The van der Waals surface area contributed by atoms with E-state index < -0.39 is 29.2 Å². The highest BCUT2D eigenvalue weighted by atomic mass is 16.6. The van der Waals surface area contributed by atoms with Crippen LogP contribution in [0, 0.1) is 16.2 Å². The lowest BCUT2D eigenvalue weighted by Crippen LogP contribution is -2.46. The van der Waals surface area contributed by atoms with E-state index in [1.54, 1.807) is 19.3 Å². The van der Waals surface area contributed by atoms with Gasteiger partial charge in [0.05, 0.1) is 23.5 Å². The molecule has 7 heteroatoms. The standard InChI is InChI=1S/C39H50O7/c1-25(16-17-32-37(6,7)22-30(45-27(3)40)23-39(32,9)43)14-12-10-11-13-15-26(2)18-29-19-31(35(42)46-29)34-38(8)21-28(41)20-36(4,5)33(38)24-44-34/h10-16,18-19,24,28,30,34,41,43H,20-23H2,1-9H3. The average Bonchev–Trinajstić information content (AvgIpc) is 3.42. The first-order valence-electron chi connectivity index (χ1n) is 16.1. The minimum atomic E-state index is -1.12. The summed E-state index contributed by atoms with van der Waals surface area (Å²) in [5.41, 5.74) is 5.45. The molecule has 7 nitrogen and oxygen atoms in total. The van der Waals surface area contributed by atoms with Crippen LogP contribution in [0.4, 0.5) is 0 Å². The van der Waals surface area contributed by atoms with Crippen LogP contribution in [0.25, 0.3) is 0 Å². The highest BCUT2D eigenvalue weighted by molar-refractivity contribution is 5.94. The summed E-state index contributed by atoms with van der Waals surface area (Å²) in [6, 6.07) is 0. The third-order valence-electron chi connectivity index (χ3n) is 9.45. The predicted molar refractivity (Wildman–Crippen MR) is 179 cm³/mol. The van der Waals surface area contributed by atoms with Gasteiger partial charge in [0, 0.05) is 24.3 Å². The largest absolute Gasteiger partial charge is 0.492 e. The van der Waals surface area contributed by atoms with E-state index in [1.807, 2.05) is 76.3 Å². The van der Waals surface area contributed by atoms with E-state index in [9.17, 15) is 19.8 Å². The Kier molecular flexibility index (Phi) is 10.1. The maximum atomic E-state index is 12.9. The molecule has 0 bridgehead atoms. The van der Waals surface area contributed by atoms with Crippen molar-refractivity contribution in [2.45, 2.75) is 112 Å². The van der Waals surface area contributed by atoms with Crippen LogP contribution in [0.5, 0.6) is 0 Å². The normalized spacial score (nSPS) is 33.4. The number of cyclic esters (lactones) is 1. The summed E-state index contributed by atoms with van der Waals surface area (Å²) in [5.74, 6) is -0.278. The van der Waals surface area contributed by atoms with E-state index in [0.29, 0.717) is 37.0 Å². The van der Waals surface area contributed by atoms with Gasteiger partial charge in [-0.3, -0.25) is 4.79 Å². The monoisotopic (exact) mass is 630 g/mol. The zero-order valence-corrected chi connectivity index (χ0v) is 28.8. The van der Waals surface area contributed by atoms with Crippen LogP contribution in [-0.4, -0.2) is 46.1 Å². The molecule has 248 valence electrons. The SMILES string of the molecule is CC(=O)OC1CC(C)(C)C(=C=CC(C)=CC=CC=CC=C(C)C=C2C=C(C3OC=C4C(C)(C)CC(O)CC43C)C(=O)O2)C(C)(O)C1. The first kappa shape index (κ1) is 35.2. The van der Waals surface area contributed by atoms with Gasteiger partial charge in [-0.25, -0.2) is 4.79 Å². The van der Waals surface area contributed by atoms with Gasteiger partial charge in [0.1, 0.15) is 18.0 Å². The Hall–Kier alpha value is -3.64. The molecule has 0 aromatic heterocycles. The number of allylic oxidation sites excluding steroid dienone is 10. The van der Waals surface area contributed by atoms with E-state index in [2.05, 4.69) is 26.5 Å². The van der Waals surface area contributed by atoms with Crippen molar-refractivity contribution in [2.24, 2.45) is 16.2 Å². The van der Waals surface area contributed by atoms with Crippen LogP contribution < -0.4 is 0 Å². The lowest BCUT2D eigenvalue weighted by Gasteiger charge is -2.46.